The number of hydrogen-bond acceptors (Lipinski definition) is 6. The van der Waals surface area contributed by atoms with E-state index in [1.165, 1.54) is 16.7 Å². The third kappa shape index (κ3) is 4.44. The molecule has 2 bridgehead atoms. The number of unbranched alkanes of at least 4 members (excludes halogenated alkanes) is 3. The summed E-state index contributed by atoms with van der Waals surface area (Å²) in [5, 5.41) is 0. The van der Waals surface area contributed by atoms with E-state index < -0.39 is 17.5 Å². The van der Waals surface area contributed by atoms with Gasteiger partial charge in [-0.05, 0) is 62.9 Å². The van der Waals surface area contributed by atoms with E-state index in [9.17, 15) is 4.21 Å². The van der Waals surface area contributed by atoms with Crippen LogP contribution < -0.4 is 9.47 Å². The zero-order valence-electron chi connectivity index (χ0n) is 21.8. The van der Waals surface area contributed by atoms with Gasteiger partial charge >= 0.3 is 11.4 Å². The number of methoxy groups -OCH3 is 1. The third-order valence-corrected chi connectivity index (χ3v) is 9.65. The number of benzene rings is 2. The van der Waals surface area contributed by atoms with Gasteiger partial charge in [0.1, 0.15) is 12.2 Å². The average Bonchev–Trinajstić information content (AvgIpc) is 3.27. The number of nitrogens with zero attached hydrogens (tertiary/aromatic N) is 1. The molecule has 198 valence electrons. The van der Waals surface area contributed by atoms with E-state index in [4.69, 9.17) is 17.8 Å². The molecule has 1 spiro atoms. The standard InChI is InChI=1S/C30H37NO5S/c1-31-18-17-30-23-14-16-26(29(30)35-28-25(33-2)15-13-22(27(28)30)20-24(23)31)36-37(32)34-19-9-4-3-6-10-21-11-7-5-8-12-21/h5,7-8,11-16,23-24,26,29H,3-4,6,9-10,17-20H2,1-2H3. The molecular formula is C30H37NO5S. The first-order valence-electron chi connectivity index (χ1n) is 13.6. The van der Waals surface area contributed by atoms with Crippen molar-refractivity contribution in [1.29, 1.82) is 0 Å². The second kappa shape index (κ2) is 10.5. The van der Waals surface area contributed by atoms with Gasteiger partial charge in [-0.25, -0.2) is 0 Å². The van der Waals surface area contributed by atoms with E-state index in [1.54, 1.807) is 7.11 Å². The van der Waals surface area contributed by atoms with Crippen LogP contribution >= 0.6 is 0 Å². The number of aryl methyl sites for hydroxylation is 1. The van der Waals surface area contributed by atoms with Crippen LogP contribution in [0.1, 0.15) is 48.8 Å². The second-order valence-corrected chi connectivity index (χ2v) is 11.7. The molecule has 0 amide bonds. The molecule has 6 rings (SSSR count). The Morgan fingerprint density at radius 3 is 2.76 bits per heavy atom. The van der Waals surface area contributed by atoms with Gasteiger partial charge in [0, 0.05) is 22.9 Å². The molecule has 7 heteroatoms. The summed E-state index contributed by atoms with van der Waals surface area (Å²) in [4.78, 5) is 2.48. The highest BCUT2D eigenvalue weighted by Gasteiger charge is 2.64. The van der Waals surface area contributed by atoms with Crippen LogP contribution in [0.15, 0.2) is 54.6 Å². The minimum absolute atomic E-state index is 0.184. The first kappa shape index (κ1) is 25.1. The highest BCUT2D eigenvalue weighted by molar-refractivity contribution is 7.75. The van der Waals surface area contributed by atoms with Crippen LogP contribution in [0, 0.1) is 5.92 Å². The molecule has 1 fully saturated rings. The molecule has 2 aromatic carbocycles. The van der Waals surface area contributed by atoms with Crippen LogP contribution in [0.3, 0.4) is 0 Å². The predicted molar refractivity (Wildman–Crippen MR) is 144 cm³/mol. The highest BCUT2D eigenvalue weighted by atomic mass is 32.2. The number of likely N-dealkylation sites (tertiary alicyclic amines) is 1. The van der Waals surface area contributed by atoms with Gasteiger partial charge in [0.2, 0.25) is 0 Å². The topological polar surface area (TPSA) is 57.2 Å². The van der Waals surface area contributed by atoms with Crippen LogP contribution in [0.4, 0.5) is 0 Å². The maximum atomic E-state index is 12.8. The van der Waals surface area contributed by atoms with E-state index in [0.29, 0.717) is 18.6 Å². The van der Waals surface area contributed by atoms with E-state index in [0.717, 1.165) is 63.0 Å². The van der Waals surface area contributed by atoms with Gasteiger partial charge in [-0.2, -0.15) is 4.21 Å². The molecule has 1 saturated heterocycles. The average molecular weight is 524 g/mol. The van der Waals surface area contributed by atoms with E-state index in [-0.39, 0.29) is 11.5 Å². The van der Waals surface area contributed by atoms with Gasteiger partial charge in [-0.15, -0.1) is 0 Å². The summed E-state index contributed by atoms with van der Waals surface area (Å²) in [5.74, 6) is 1.95. The first-order chi connectivity index (χ1) is 18.1. The normalized spacial score (nSPS) is 30.0. The Hall–Kier alpha value is -2.19. The molecule has 6 unspecified atom stereocenters. The van der Waals surface area contributed by atoms with Crippen molar-refractivity contribution in [2.45, 2.75) is 68.6 Å². The Bertz CT molecular complexity index is 1170. The largest absolute Gasteiger partial charge is 0.493 e. The van der Waals surface area contributed by atoms with Crippen molar-refractivity contribution < 1.29 is 22.0 Å². The zero-order valence-corrected chi connectivity index (χ0v) is 22.6. The molecule has 0 radical (unpaired) electrons. The number of piperidine rings is 1. The number of rotatable bonds is 11. The van der Waals surface area contributed by atoms with Crippen LogP contribution in [0.5, 0.6) is 11.5 Å². The van der Waals surface area contributed by atoms with Crippen LogP contribution in [0.25, 0.3) is 0 Å². The van der Waals surface area contributed by atoms with Crippen molar-refractivity contribution >= 4 is 11.4 Å². The van der Waals surface area contributed by atoms with E-state index in [2.05, 4.69) is 54.4 Å². The molecule has 4 aliphatic rings. The predicted octanol–water partition coefficient (Wildman–Crippen LogP) is 4.92. The summed E-state index contributed by atoms with van der Waals surface area (Å²) < 4.78 is 36.7. The fourth-order valence-electron chi connectivity index (χ4n) is 7.13. The SMILES string of the molecule is COc1ccc2c3c1OC1C(OS(=O)OCCCCCCc4ccccc4)C=CC4C(C2)N(C)CCC341. The minimum atomic E-state index is -1.83. The highest BCUT2D eigenvalue weighted by Crippen LogP contribution is 2.62. The first-order valence-corrected chi connectivity index (χ1v) is 14.6. The summed E-state index contributed by atoms with van der Waals surface area (Å²) in [5.41, 5.74) is 3.82. The van der Waals surface area contributed by atoms with Gasteiger partial charge in [0.15, 0.2) is 11.5 Å². The molecule has 2 aromatic rings. The fourth-order valence-corrected chi connectivity index (χ4v) is 7.78. The lowest BCUT2D eigenvalue weighted by molar-refractivity contribution is -0.0379. The minimum Gasteiger partial charge on any atom is -0.493 e. The lowest BCUT2D eigenvalue weighted by atomic mass is 9.53. The molecule has 0 aromatic heterocycles. The number of hydrogen-bond donors (Lipinski definition) is 0. The molecule has 0 saturated carbocycles. The zero-order chi connectivity index (χ0) is 25.4. The second-order valence-electron chi connectivity index (χ2n) is 10.9. The van der Waals surface area contributed by atoms with Crippen molar-refractivity contribution in [1.82, 2.24) is 4.90 Å². The van der Waals surface area contributed by atoms with Gasteiger partial charge in [0.25, 0.3) is 0 Å². The van der Waals surface area contributed by atoms with Crippen LogP contribution in [0.2, 0.25) is 0 Å². The summed E-state index contributed by atoms with van der Waals surface area (Å²) in [6.45, 7) is 1.43. The van der Waals surface area contributed by atoms with E-state index in [1.807, 2.05) is 12.1 Å². The lowest BCUT2D eigenvalue weighted by Gasteiger charge is -2.56. The monoisotopic (exact) mass is 523 g/mol. The Morgan fingerprint density at radius 1 is 1.08 bits per heavy atom. The van der Waals surface area contributed by atoms with Gasteiger partial charge < -0.3 is 14.4 Å². The molecule has 0 N–H and O–H groups in total. The quantitative estimate of drug-likeness (QED) is 0.308. The van der Waals surface area contributed by atoms with Crippen molar-refractivity contribution in [2.75, 3.05) is 27.3 Å². The van der Waals surface area contributed by atoms with Crippen molar-refractivity contribution in [3.8, 4) is 11.5 Å². The number of likely N-dealkylation sites (N-methyl/N-ethyl adjacent to an activating group) is 1. The fraction of sp³-hybridized carbons (Fsp3) is 0.533. The summed E-state index contributed by atoms with van der Waals surface area (Å²) in [6.07, 6.45) is 10.9. The maximum absolute atomic E-state index is 12.8. The molecule has 6 atom stereocenters. The Morgan fingerprint density at radius 2 is 1.92 bits per heavy atom. The van der Waals surface area contributed by atoms with Gasteiger partial charge in [0.05, 0.1) is 13.7 Å². The summed E-state index contributed by atoms with van der Waals surface area (Å²) in [7, 11) is 3.91. The third-order valence-electron chi connectivity index (χ3n) is 8.91. The Balaban J connectivity index is 1.07. The lowest BCUT2D eigenvalue weighted by Crippen LogP contribution is -2.65. The molecule has 37 heavy (non-hydrogen) atoms. The molecular weight excluding hydrogens is 486 g/mol. The molecule has 2 aliphatic heterocycles. The van der Waals surface area contributed by atoms with E-state index >= 15 is 0 Å². The molecule has 2 aliphatic carbocycles. The smallest absolute Gasteiger partial charge is 0.305 e. The van der Waals surface area contributed by atoms with Crippen molar-refractivity contribution in [3.05, 3.63) is 71.3 Å². The van der Waals surface area contributed by atoms with Crippen molar-refractivity contribution in [2.24, 2.45) is 5.92 Å². The van der Waals surface area contributed by atoms with Crippen molar-refractivity contribution in [3.63, 3.8) is 0 Å². The van der Waals surface area contributed by atoms with Gasteiger partial charge in [-0.3, -0.25) is 8.37 Å². The van der Waals surface area contributed by atoms with Gasteiger partial charge in [-0.1, -0.05) is 61.4 Å². The summed E-state index contributed by atoms with van der Waals surface area (Å²) >= 11 is -1.83. The Kier molecular flexibility index (Phi) is 7.14. The molecule has 2 heterocycles. The number of ether oxygens (including phenoxy) is 2. The molecule has 6 nitrogen and oxygen atoms in total. The van der Waals surface area contributed by atoms with Crippen LogP contribution in [-0.2, 0) is 38.0 Å². The maximum Gasteiger partial charge on any atom is 0.305 e. The Labute approximate surface area is 222 Å². The summed E-state index contributed by atoms with van der Waals surface area (Å²) in [6, 6.07) is 15.2. The van der Waals surface area contributed by atoms with Crippen LogP contribution in [-0.4, -0.2) is 54.7 Å².